The molecule has 2 atom stereocenters. The van der Waals surface area contributed by atoms with Crippen LogP contribution in [0.15, 0.2) is 24.3 Å². The van der Waals surface area contributed by atoms with Crippen LogP contribution in [0.1, 0.15) is 11.1 Å². The van der Waals surface area contributed by atoms with Crippen LogP contribution in [0.4, 0.5) is 4.79 Å². The fourth-order valence-corrected chi connectivity index (χ4v) is 2.13. The van der Waals surface area contributed by atoms with Gasteiger partial charge in [-0.1, -0.05) is 29.8 Å². The third-order valence-electron chi connectivity index (χ3n) is 3.18. The Kier molecular flexibility index (Phi) is 5.74. The first kappa shape index (κ1) is 16.3. The minimum atomic E-state index is -1.07. The number of rotatable bonds is 6. The maximum absolute atomic E-state index is 11.8. The molecule has 1 amide bonds. The zero-order valence-electron chi connectivity index (χ0n) is 12.3. The highest BCUT2D eigenvalue weighted by molar-refractivity contribution is 5.68. The summed E-state index contributed by atoms with van der Waals surface area (Å²) >= 11 is 0. The van der Waals surface area contributed by atoms with Gasteiger partial charge >= 0.3 is 12.1 Å². The molecular formula is C15H19NO6. The van der Waals surface area contributed by atoms with E-state index in [0.29, 0.717) is 6.54 Å². The highest BCUT2D eigenvalue weighted by Gasteiger charge is 2.32. The van der Waals surface area contributed by atoms with Crippen LogP contribution < -0.4 is 5.32 Å². The zero-order valence-corrected chi connectivity index (χ0v) is 12.3. The van der Waals surface area contributed by atoms with Gasteiger partial charge in [0, 0.05) is 6.54 Å². The van der Waals surface area contributed by atoms with Crippen molar-refractivity contribution >= 4 is 12.1 Å². The highest BCUT2D eigenvalue weighted by atomic mass is 16.6. The Labute approximate surface area is 128 Å². The number of ether oxygens (including phenoxy) is 3. The Morgan fingerprint density at radius 1 is 1.36 bits per heavy atom. The van der Waals surface area contributed by atoms with Crippen molar-refractivity contribution in [1.29, 1.82) is 0 Å². The van der Waals surface area contributed by atoms with E-state index in [9.17, 15) is 9.59 Å². The molecule has 1 aliphatic rings. The molecule has 0 spiro atoms. The van der Waals surface area contributed by atoms with E-state index in [1.807, 2.05) is 31.2 Å². The molecule has 22 heavy (non-hydrogen) atoms. The monoisotopic (exact) mass is 309 g/mol. The lowest BCUT2D eigenvalue weighted by Crippen LogP contribution is -2.37. The number of carbonyl (C=O) groups excluding carboxylic acids is 1. The summed E-state index contributed by atoms with van der Waals surface area (Å²) in [5, 5.41) is 11.2. The minimum absolute atomic E-state index is 0.197. The summed E-state index contributed by atoms with van der Waals surface area (Å²) in [5.41, 5.74) is 2.08. The first-order chi connectivity index (χ1) is 10.5. The molecule has 2 rings (SSSR count). The average molecular weight is 309 g/mol. The number of benzene rings is 1. The Hall–Kier alpha value is -2.12. The van der Waals surface area contributed by atoms with Gasteiger partial charge in [-0.2, -0.15) is 0 Å². The Bertz CT molecular complexity index is 533. The Morgan fingerprint density at radius 2 is 2.14 bits per heavy atom. The van der Waals surface area contributed by atoms with Crippen molar-refractivity contribution in [1.82, 2.24) is 5.32 Å². The SMILES string of the molecule is Cc1cccc(CNC(=O)OC2COCC2OCC(=O)O)c1. The van der Waals surface area contributed by atoms with Gasteiger partial charge in [0.15, 0.2) is 6.10 Å². The number of amides is 1. The van der Waals surface area contributed by atoms with E-state index >= 15 is 0 Å². The molecule has 2 unspecified atom stereocenters. The van der Waals surface area contributed by atoms with Gasteiger partial charge in [-0.25, -0.2) is 9.59 Å². The predicted molar refractivity (Wildman–Crippen MR) is 76.5 cm³/mol. The summed E-state index contributed by atoms with van der Waals surface area (Å²) in [4.78, 5) is 22.3. The number of aryl methyl sites for hydroxylation is 1. The molecule has 1 aliphatic heterocycles. The van der Waals surface area contributed by atoms with Crippen LogP contribution >= 0.6 is 0 Å². The van der Waals surface area contributed by atoms with Gasteiger partial charge in [-0.15, -0.1) is 0 Å². The number of alkyl carbamates (subject to hydrolysis) is 1. The van der Waals surface area contributed by atoms with Gasteiger partial charge in [0.1, 0.15) is 12.7 Å². The summed E-state index contributed by atoms with van der Waals surface area (Å²) < 4.78 is 15.5. The second-order valence-electron chi connectivity index (χ2n) is 5.07. The van der Waals surface area contributed by atoms with Gasteiger partial charge in [0.25, 0.3) is 0 Å². The second-order valence-corrected chi connectivity index (χ2v) is 5.07. The maximum atomic E-state index is 11.8. The number of nitrogens with one attached hydrogen (secondary N) is 1. The largest absolute Gasteiger partial charge is 0.480 e. The van der Waals surface area contributed by atoms with Crippen LogP contribution in [0.3, 0.4) is 0 Å². The molecule has 0 saturated carbocycles. The van der Waals surface area contributed by atoms with Gasteiger partial charge in [-0.05, 0) is 12.5 Å². The second kappa shape index (κ2) is 7.77. The number of carbonyl (C=O) groups is 2. The van der Waals surface area contributed by atoms with Crippen LogP contribution in [0.5, 0.6) is 0 Å². The van der Waals surface area contributed by atoms with Crippen molar-refractivity contribution in [2.24, 2.45) is 0 Å². The van der Waals surface area contributed by atoms with Crippen molar-refractivity contribution < 1.29 is 28.9 Å². The molecule has 0 radical (unpaired) electrons. The number of carboxylic acid groups (broad SMARTS) is 1. The third-order valence-corrected chi connectivity index (χ3v) is 3.18. The van der Waals surface area contributed by atoms with Crippen LogP contribution in [0.2, 0.25) is 0 Å². The molecule has 1 heterocycles. The highest BCUT2D eigenvalue weighted by Crippen LogP contribution is 2.14. The zero-order chi connectivity index (χ0) is 15.9. The molecular weight excluding hydrogens is 290 g/mol. The predicted octanol–water partition coefficient (Wildman–Crippen LogP) is 1.09. The lowest BCUT2D eigenvalue weighted by molar-refractivity contribution is -0.145. The minimum Gasteiger partial charge on any atom is -0.480 e. The lowest BCUT2D eigenvalue weighted by atomic mass is 10.1. The molecule has 7 nitrogen and oxygen atoms in total. The Balaban J connectivity index is 1.77. The normalized spacial score (nSPS) is 20.6. The lowest BCUT2D eigenvalue weighted by Gasteiger charge is -2.18. The van der Waals surface area contributed by atoms with Gasteiger partial charge in [-0.3, -0.25) is 0 Å². The number of carboxylic acids is 1. The van der Waals surface area contributed by atoms with Crippen LogP contribution in [-0.4, -0.2) is 49.2 Å². The molecule has 1 aromatic rings. The number of aliphatic carboxylic acids is 1. The maximum Gasteiger partial charge on any atom is 0.407 e. The van der Waals surface area contributed by atoms with E-state index in [-0.39, 0.29) is 13.2 Å². The van der Waals surface area contributed by atoms with E-state index in [1.54, 1.807) is 0 Å². The molecule has 0 aliphatic carbocycles. The summed E-state index contributed by atoms with van der Waals surface area (Å²) in [6, 6.07) is 7.77. The molecule has 0 bridgehead atoms. The first-order valence-electron chi connectivity index (χ1n) is 6.96. The first-order valence-corrected chi connectivity index (χ1v) is 6.96. The molecule has 1 aromatic carbocycles. The van der Waals surface area contributed by atoms with Crippen molar-refractivity contribution in [3.63, 3.8) is 0 Å². The van der Waals surface area contributed by atoms with Gasteiger partial charge in [0.05, 0.1) is 13.2 Å². The molecule has 1 saturated heterocycles. The summed E-state index contributed by atoms with van der Waals surface area (Å²) in [6.07, 6.45) is -1.74. The summed E-state index contributed by atoms with van der Waals surface area (Å²) in [7, 11) is 0. The van der Waals surface area contributed by atoms with E-state index < -0.39 is 30.9 Å². The van der Waals surface area contributed by atoms with E-state index in [0.717, 1.165) is 11.1 Å². The average Bonchev–Trinajstić information content (AvgIpc) is 2.90. The van der Waals surface area contributed by atoms with Crippen LogP contribution in [0, 0.1) is 6.92 Å². The van der Waals surface area contributed by atoms with Crippen molar-refractivity contribution in [3.8, 4) is 0 Å². The smallest absolute Gasteiger partial charge is 0.407 e. The topological polar surface area (TPSA) is 94.1 Å². The van der Waals surface area contributed by atoms with Crippen LogP contribution in [0.25, 0.3) is 0 Å². The van der Waals surface area contributed by atoms with E-state index in [2.05, 4.69) is 5.32 Å². The van der Waals surface area contributed by atoms with Crippen molar-refractivity contribution in [3.05, 3.63) is 35.4 Å². The molecule has 120 valence electrons. The van der Waals surface area contributed by atoms with Crippen molar-refractivity contribution in [2.45, 2.75) is 25.7 Å². The summed E-state index contributed by atoms with van der Waals surface area (Å²) in [5.74, 6) is -1.07. The number of hydrogen-bond donors (Lipinski definition) is 2. The van der Waals surface area contributed by atoms with Crippen molar-refractivity contribution in [2.75, 3.05) is 19.8 Å². The molecule has 2 N–H and O–H groups in total. The Morgan fingerprint density at radius 3 is 2.86 bits per heavy atom. The fourth-order valence-electron chi connectivity index (χ4n) is 2.13. The fraction of sp³-hybridized carbons (Fsp3) is 0.467. The molecule has 0 aromatic heterocycles. The van der Waals surface area contributed by atoms with Gasteiger partial charge < -0.3 is 24.6 Å². The van der Waals surface area contributed by atoms with Crippen LogP contribution in [-0.2, 0) is 25.5 Å². The van der Waals surface area contributed by atoms with E-state index in [4.69, 9.17) is 19.3 Å². The molecule has 1 fully saturated rings. The van der Waals surface area contributed by atoms with E-state index in [1.165, 1.54) is 0 Å². The molecule has 7 heteroatoms. The summed E-state index contributed by atoms with van der Waals surface area (Å²) in [6.45, 7) is 2.29. The quantitative estimate of drug-likeness (QED) is 0.817. The third kappa shape index (κ3) is 5.01. The standard InChI is InChI=1S/C15H19NO6/c1-10-3-2-4-11(5-10)6-16-15(19)22-13-8-20-7-12(13)21-9-14(17)18/h2-5,12-13H,6-9H2,1H3,(H,16,19)(H,17,18). The number of hydrogen-bond acceptors (Lipinski definition) is 5. The van der Waals surface area contributed by atoms with Gasteiger partial charge in [0.2, 0.25) is 0 Å².